The molecule has 1 heterocycles. The van der Waals surface area contributed by atoms with Gasteiger partial charge in [-0.15, -0.1) is 11.3 Å². The lowest BCUT2D eigenvalue weighted by Gasteiger charge is -2.40. The SMILES string of the molecule is CCNC(=NCC1(CC)CCC1)NCCc1ncc(C)s1. The third-order valence-corrected chi connectivity index (χ3v) is 5.35. The molecule has 1 aromatic rings. The molecule has 1 fully saturated rings. The van der Waals surface area contributed by atoms with Gasteiger partial charge in [0, 0.05) is 37.1 Å². The van der Waals surface area contributed by atoms with Gasteiger partial charge in [-0.1, -0.05) is 13.3 Å². The van der Waals surface area contributed by atoms with Crippen LogP contribution in [0.5, 0.6) is 0 Å². The normalized spacial score (nSPS) is 17.4. The molecule has 118 valence electrons. The first-order valence-corrected chi connectivity index (χ1v) is 8.92. The molecule has 1 aliphatic rings. The van der Waals surface area contributed by atoms with Crippen molar-refractivity contribution in [3.05, 3.63) is 16.1 Å². The van der Waals surface area contributed by atoms with Gasteiger partial charge in [0.1, 0.15) is 0 Å². The molecule has 0 atom stereocenters. The van der Waals surface area contributed by atoms with Gasteiger partial charge in [-0.3, -0.25) is 4.99 Å². The highest BCUT2D eigenvalue weighted by atomic mass is 32.1. The summed E-state index contributed by atoms with van der Waals surface area (Å²) in [6.45, 7) is 9.25. The highest BCUT2D eigenvalue weighted by Crippen LogP contribution is 2.43. The fourth-order valence-corrected chi connectivity index (χ4v) is 3.48. The Morgan fingerprint density at radius 3 is 2.71 bits per heavy atom. The van der Waals surface area contributed by atoms with Crippen LogP contribution in [0.4, 0.5) is 0 Å². The third kappa shape index (κ3) is 4.70. The summed E-state index contributed by atoms with van der Waals surface area (Å²) in [6.07, 6.45) is 8.20. The molecule has 1 aliphatic carbocycles. The highest BCUT2D eigenvalue weighted by molar-refractivity contribution is 7.11. The lowest BCUT2D eigenvalue weighted by atomic mass is 9.67. The summed E-state index contributed by atoms with van der Waals surface area (Å²) < 4.78 is 0. The number of guanidine groups is 1. The van der Waals surface area contributed by atoms with E-state index in [4.69, 9.17) is 4.99 Å². The summed E-state index contributed by atoms with van der Waals surface area (Å²) >= 11 is 1.78. The van der Waals surface area contributed by atoms with E-state index in [1.54, 1.807) is 11.3 Å². The van der Waals surface area contributed by atoms with Crippen LogP contribution < -0.4 is 10.6 Å². The molecule has 1 aromatic heterocycles. The Balaban J connectivity index is 1.80. The molecule has 0 bridgehead atoms. The second-order valence-corrected chi connectivity index (χ2v) is 7.26. The van der Waals surface area contributed by atoms with Crippen molar-refractivity contribution >= 4 is 17.3 Å². The van der Waals surface area contributed by atoms with Crippen molar-refractivity contribution < 1.29 is 0 Å². The first-order chi connectivity index (χ1) is 10.2. The van der Waals surface area contributed by atoms with Gasteiger partial charge in [-0.05, 0) is 38.5 Å². The molecule has 0 aliphatic heterocycles. The highest BCUT2D eigenvalue weighted by Gasteiger charge is 2.34. The zero-order valence-electron chi connectivity index (χ0n) is 13.5. The number of aliphatic imine (C=N–C) groups is 1. The second kappa shape index (κ2) is 7.78. The van der Waals surface area contributed by atoms with Crippen LogP contribution in [0.1, 0.15) is 49.4 Å². The summed E-state index contributed by atoms with van der Waals surface area (Å²) in [5.41, 5.74) is 0.481. The molecule has 2 N–H and O–H groups in total. The molecule has 0 saturated heterocycles. The Morgan fingerprint density at radius 1 is 1.38 bits per heavy atom. The Labute approximate surface area is 132 Å². The Kier molecular flexibility index (Phi) is 6.03. The lowest BCUT2D eigenvalue weighted by molar-refractivity contribution is 0.139. The number of nitrogens with zero attached hydrogens (tertiary/aromatic N) is 2. The van der Waals surface area contributed by atoms with E-state index in [1.807, 2.05) is 6.20 Å². The Hall–Kier alpha value is -1.10. The molecule has 0 radical (unpaired) electrons. The number of thiazole rings is 1. The zero-order chi connectivity index (χ0) is 15.1. The minimum absolute atomic E-state index is 0.481. The van der Waals surface area contributed by atoms with Crippen molar-refractivity contribution in [2.24, 2.45) is 10.4 Å². The van der Waals surface area contributed by atoms with Crippen LogP contribution in [0.25, 0.3) is 0 Å². The van der Waals surface area contributed by atoms with E-state index in [0.717, 1.165) is 32.0 Å². The maximum Gasteiger partial charge on any atom is 0.191 e. The standard InChI is InChI=1S/C16H28N4S/c1-4-16(8-6-9-16)12-20-15(17-5-2)18-10-7-14-19-11-13(3)21-14/h11H,4-10,12H2,1-3H3,(H2,17,18,20). The van der Waals surface area contributed by atoms with E-state index in [1.165, 1.54) is 35.6 Å². The molecular weight excluding hydrogens is 280 g/mol. The van der Waals surface area contributed by atoms with Crippen molar-refractivity contribution in [2.75, 3.05) is 19.6 Å². The minimum Gasteiger partial charge on any atom is -0.357 e. The average Bonchev–Trinajstić information content (AvgIpc) is 2.83. The molecule has 0 spiro atoms. The summed E-state index contributed by atoms with van der Waals surface area (Å²) in [5, 5.41) is 7.96. The number of aromatic nitrogens is 1. The number of aryl methyl sites for hydroxylation is 1. The van der Waals surface area contributed by atoms with Gasteiger partial charge in [0.15, 0.2) is 5.96 Å². The van der Waals surface area contributed by atoms with E-state index in [9.17, 15) is 0 Å². The predicted octanol–water partition coefficient (Wildman–Crippen LogP) is 3.13. The molecule has 5 heteroatoms. The molecule has 0 unspecified atom stereocenters. The van der Waals surface area contributed by atoms with E-state index < -0.39 is 0 Å². The van der Waals surface area contributed by atoms with Crippen molar-refractivity contribution in [1.82, 2.24) is 15.6 Å². The number of hydrogen-bond donors (Lipinski definition) is 2. The first kappa shape index (κ1) is 16.3. The molecule has 21 heavy (non-hydrogen) atoms. The smallest absolute Gasteiger partial charge is 0.191 e. The van der Waals surface area contributed by atoms with Gasteiger partial charge in [0.25, 0.3) is 0 Å². The van der Waals surface area contributed by atoms with Crippen molar-refractivity contribution in [3.63, 3.8) is 0 Å². The van der Waals surface area contributed by atoms with Crippen LogP contribution >= 0.6 is 11.3 Å². The second-order valence-electron chi connectivity index (χ2n) is 5.94. The zero-order valence-corrected chi connectivity index (χ0v) is 14.4. The van der Waals surface area contributed by atoms with Crippen LogP contribution in [0.2, 0.25) is 0 Å². The van der Waals surface area contributed by atoms with Crippen molar-refractivity contribution in [2.45, 2.75) is 52.9 Å². The molecule has 0 aromatic carbocycles. The quantitative estimate of drug-likeness (QED) is 0.601. The predicted molar refractivity (Wildman–Crippen MR) is 91.1 cm³/mol. The lowest BCUT2D eigenvalue weighted by Crippen LogP contribution is -2.40. The number of nitrogens with one attached hydrogen (secondary N) is 2. The topological polar surface area (TPSA) is 49.3 Å². The Bertz CT molecular complexity index is 457. The van der Waals surface area contributed by atoms with Crippen LogP contribution in [0.15, 0.2) is 11.2 Å². The maximum atomic E-state index is 4.79. The van der Waals surface area contributed by atoms with Gasteiger partial charge < -0.3 is 10.6 Å². The first-order valence-electron chi connectivity index (χ1n) is 8.11. The van der Waals surface area contributed by atoms with Gasteiger partial charge in [0.2, 0.25) is 0 Å². The van der Waals surface area contributed by atoms with E-state index in [-0.39, 0.29) is 0 Å². The molecule has 4 nitrogen and oxygen atoms in total. The van der Waals surface area contributed by atoms with Gasteiger partial charge >= 0.3 is 0 Å². The summed E-state index contributed by atoms with van der Waals surface area (Å²) in [7, 11) is 0. The summed E-state index contributed by atoms with van der Waals surface area (Å²) in [6, 6.07) is 0. The molecule has 0 amide bonds. The van der Waals surface area contributed by atoms with Crippen LogP contribution in [0.3, 0.4) is 0 Å². The maximum absolute atomic E-state index is 4.79. The molecule has 1 saturated carbocycles. The van der Waals surface area contributed by atoms with Gasteiger partial charge in [0.05, 0.1) is 5.01 Å². The van der Waals surface area contributed by atoms with Crippen LogP contribution in [-0.2, 0) is 6.42 Å². The van der Waals surface area contributed by atoms with Crippen molar-refractivity contribution in [3.8, 4) is 0 Å². The van der Waals surface area contributed by atoms with E-state index >= 15 is 0 Å². The minimum atomic E-state index is 0.481. The summed E-state index contributed by atoms with van der Waals surface area (Å²) in [4.78, 5) is 10.5. The third-order valence-electron chi connectivity index (χ3n) is 4.38. The number of rotatable bonds is 7. The van der Waals surface area contributed by atoms with E-state index in [0.29, 0.717) is 5.41 Å². The molecular formula is C16H28N4S. The average molecular weight is 308 g/mol. The number of hydrogen-bond acceptors (Lipinski definition) is 3. The van der Waals surface area contributed by atoms with Gasteiger partial charge in [-0.2, -0.15) is 0 Å². The fourth-order valence-electron chi connectivity index (χ4n) is 2.69. The fraction of sp³-hybridized carbons (Fsp3) is 0.750. The van der Waals surface area contributed by atoms with Gasteiger partial charge in [-0.25, -0.2) is 4.98 Å². The van der Waals surface area contributed by atoms with E-state index in [2.05, 4.69) is 36.4 Å². The largest absolute Gasteiger partial charge is 0.357 e. The van der Waals surface area contributed by atoms with Crippen molar-refractivity contribution in [1.29, 1.82) is 0 Å². The van der Waals surface area contributed by atoms with Crippen LogP contribution in [0, 0.1) is 12.3 Å². The molecule has 2 rings (SSSR count). The summed E-state index contributed by atoms with van der Waals surface area (Å²) in [5.74, 6) is 0.950. The Morgan fingerprint density at radius 2 is 2.19 bits per heavy atom. The monoisotopic (exact) mass is 308 g/mol. The van der Waals surface area contributed by atoms with Crippen LogP contribution in [-0.4, -0.2) is 30.6 Å².